The number of aliphatic hydroxyl groups excluding tert-OH is 2. The smallest absolute Gasteiger partial charge is 0.245 e. The van der Waals surface area contributed by atoms with Crippen molar-refractivity contribution < 1.29 is 24.6 Å². The summed E-state index contributed by atoms with van der Waals surface area (Å²) in [5.41, 5.74) is 1.03. The van der Waals surface area contributed by atoms with Crippen LogP contribution in [0.25, 0.3) is 0 Å². The van der Waals surface area contributed by atoms with E-state index in [1.807, 2.05) is 30.3 Å². The number of rotatable bonds is 8. The highest BCUT2D eigenvalue weighted by molar-refractivity contribution is 5.92. The normalized spacial score (nSPS) is 21.0. The molecule has 0 aromatic heterocycles. The van der Waals surface area contributed by atoms with Gasteiger partial charge in [-0.1, -0.05) is 30.3 Å². The van der Waals surface area contributed by atoms with E-state index in [1.54, 1.807) is 11.9 Å². The van der Waals surface area contributed by atoms with Gasteiger partial charge in [0.25, 0.3) is 0 Å². The Labute approximate surface area is 170 Å². The number of nitrogens with zero attached hydrogens (tertiary/aromatic N) is 2. The van der Waals surface area contributed by atoms with Gasteiger partial charge in [0.2, 0.25) is 17.7 Å². The van der Waals surface area contributed by atoms with Gasteiger partial charge in [-0.15, -0.1) is 0 Å². The fraction of sp³-hybridized carbons (Fsp3) is 0.550. The number of likely N-dealkylation sites (tertiary alicyclic amines) is 1. The van der Waals surface area contributed by atoms with Gasteiger partial charge in [-0.2, -0.15) is 0 Å². The van der Waals surface area contributed by atoms with E-state index in [2.05, 4.69) is 10.6 Å². The minimum absolute atomic E-state index is 0.0158. The number of β-amino-alcohol motifs (C(OH)–C–C–N with tert-alkyl or cyclic N) is 1. The van der Waals surface area contributed by atoms with Crippen molar-refractivity contribution in [3.8, 4) is 0 Å². The second-order valence-electron chi connectivity index (χ2n) is 7.44. The number of amides is 3. The quantitative estimate of drug-likeness (QED) is 0.413. The van der Waals surface area contributed by atoms with Gasteiger partial charge in [0.15, 0.2) is 0 Å². The monoisotopic (exact) mass is 406 g/mol. The Balaban J connectivity index is 1.90. The largest absolute Gasteiger partial charge is 0.391 e. The summed E-state index contributed by atoms with van der Waals surface area (Å²) in [6.07, 6.45) is -1.61. The summed E-state index contributed by atoms with van der Waals surface area (Å²) in [5.74, 6) is -1.23. The van der Waals surface area contributed by atoms with Crippen LogP contribution in [0.15, 0.2) is 30.3 Å². The van der Waals surface area contributed by atoms with Crippen molar-refractivity contribution in [3.63, 3.8) is 0 Å². The van der Waals surface area contributed by atoms with Crippen LogP contribution < -0.4 is 10.6 Å². The maximum absolute atomic E-state index is 12.6. The first-order valence-corrected chi connectivity index (χ1v) is 9.64. The molecule has 3 amide bonds. The second kappa shape index (κ2) is 10.3. The van der Waals surface area contributed by atoms with E-state index < -0.39 is 36.2 Å². The molecule has 4 N–H and O–H groups in total. The van der Waals surface area contributed by atoms with Crippen LogP contribution in [0, 0.1) is 0 Å². The summed E-state index contributed by atoms with van der Waals surface area (Å²) < 4.78 is 0. The number of hydrogen-bond acceptors (Lipinski definition) is 6. The van der Waals surface area contributed by atoms with Gasteiger partial charge in [0.05, 0.1) is 12.6 Å². The van der Waals surface area contributed by atoms with Crippen molar-refractivity contribution in [2.75, 3.05) is 20.1 Å². The third-order valence-corrected chi connectivity index (χ3v) is 4.90. The lowest BCUT2D eigenvalue weighted by Crippen LogP contribution is -2.53. The van der Waals surface area contributed by atoms with Gasteiger partial charge in [0.1, 0.15) is 18.3 Å². The van der Waals surface area contributed by atoms with Crippen LogP contribution in [0.3, 0.4) is 0 Å². The lowest BCUT2D eigenvalue weighted by molar-refractivity contribution is -0.141. The Morgan fingerprint density at radius 2 is 1.93 bits per heavy atom. The molecule has 0 saturated carbocycles. The summed E-state index contributed by atoms with van der Waals surface area (Å²) in [4.78, 5) is 39.3. The number of hydrogen-bond donors (Lipinski definition) is 4. The average molecular weight is 406 g/mol. The fourth-order valence-corrected chi connectivity index (χ4v) is 3.36. The van der Waals surface area contributed by atoms with E-state index in [9.17, 15) is 24.6 Å². The molecule has 0 bridgehead atoms. The summed E-state index contributed by atoms with van der Waals surface area (Å²) in [6, 6.07) is 7.99. The van der Waals surface area contributed by atoms with Gasteiger partial charge in [-0.05, 0) is 19.5 Å². The van der Waals surface area contributed by atoms with Gasteiger partial charge in [-0.25, -0.2) is 0 Å². The molecule has 1 heterocycles. The molecule has 9 heteroatoms. The number of benzene rings is 1. The molecule has 1 saturated heterocycles. The highest BCUT2D eigenvalue weighted by Gasteiger charge is 2.40. The molecule has 0 radical (unpaired) electrons. The number of aliphatic hydroxyl groups is 2. The van der Waals surface area contributed by atoms with E-state index in [0.717, 1.165) is 5.56 Å². The van der Waals surface area contributed by atoms with Crippen LogP contribution in [0.5, 0.6) is 0 Å². The maximum atomic E-state index is 12.6. The molecular formula is C20H30N4O5. The zero-order valence-electron chi connectivity index (χ0n) is 17.0. The van der Waals surface area contributed by atoms with Crippen LogP contribution in [-0.2, 0) is 20.9 Å². The van der Waals surface area contributed by atoms with Crippen LogP contribution in [0.4, 0.5) is 0 Å². The Bertz CT molecular complexity index is 714. The van der Waals surface area contributed by atoms with Crippen molar-refractivity contribution in [2.24, 2.45) is 0 Å². The lowest BCUT2D eigenvalue weighted by Gasteiger charge is -2.28. The van der Waals surface area contributed by atoms with Gasteiger partial charge in [-0.3, -0.25) is 19.3 Å². The fourth-order valence-electron chi connectivity index (χ4n) is 3.36. The van der Waals surface area contributed by atoms with Crippen molar-refractivity contribution >= 4 is 17.7 Å². The van der Waals surface area contributed by atoms with Crippen molar-refractivity contribution in [1.82, 2.24) is 20.4 Å². The zero-order chi connectivity index (χ0) is 21.6. The standard InChI is InChI=1S/C20H30N4O5/c1-13(22-14(2)25)20(29)24-12-16(26)9-17(24)19(28)21-10-18(27)23(3)11-15-7-5-4-6-8-15/h4-8,13,16-18,26-27H,9-12H2,1-3H3,(H,21,28)(H,22,25). The molecule has 2 rings (SSSR count). The molecule has 160 valence electrons. The van der Waals surface area contributed by atoms with Gasteiger partial charge in [0, 0.05) is 26.4 Å². The first-order chi connectivity index (χ1) is 13.7. The maximum Gasteiger partial charge on any atom is 0.245 e. The minimum Gasteiger partial charge on any atom is -0.391 e. The molecule has 9 nitrogen and oxygen atoms in total. The number of likely N-dealkylation sites (N-methyl/N-ethyl adjacent to an activating group) is 1. The van der Waals surface area contributed by atoms with Crippen LogP contribution in [0.1, 0.15) is 25.8 Å². The molecule has 0 spiro atoms. The van der Waals surface area contributed by atoms with E-state index in [1.165, 1.54) is 18.7 Å². The Morgan fingerprint density at radius 1 is 1.28 bits per heavy atom. The Morgan fingerprint density at radius 3 is 2.55 bits per heavy atom. The van der Waals surface area contributed by atoms with Gasteiger partial charge >= 0.3 is 0 Å². The third-order valence-electron chi connectivity index (χ3n) is 4.90. The molecule has 29 heavy (non-hydrogen) atoms. The molecule has 1 aliphatic rings. The predicted octanol–water partition coefficient (Wildman–Crippen LogP) is -0.961. The van der Waals surface area contributed by atoms with Gasteiger partial charge < -0.3 is 25.7 Å². The SMILES string of the molecule is CC(=O)NC(C)C(=O)N1CC(O)CC1C(=O)NCC(O)N(C)Cc1ccccc1. The molecule has 4 unspecified atom stereocenters. The molecule has 1 fully saturated rings. The first kappa shape index (κ1) is 22.8. The van der Waals surface area contributed by atoms with E-state index in [-0.39, 0.29) is 25.4 Å². The van der Waals surface area contributed by atoms with Crippen LogP contribution in [0.2, 0.25) is 0 Å². The number of nitrogens with one attached hydrogen (secondary N) is 2. The highest BCUT2D eigenvalue weighted by atomic mass is 16.3. The first-order valence-electron chi connectivity index (χ1n) is 9.64. The molecule has 1 aromatic rings. The molecule has 1 aromatic carbocycles. The summed E-state index contributed by atoms with van der Waals surface area (Å²) in [7, 11) is 1.74. The molecule has 0 aliphatic carbocycles. The molecule has 4 atom stereocenters. The lowest BCUT2D eigenvalue weighted by atomic mass is 10.1. The van der Waals surface area contributed by atoms with Crippen molar-refractivity contribution in [2.45, 2.75) is 51.2 Å². The number of carbonyl (C=O) groups excluding carboxylic acids is 3. The zero-order valence-corrected chi connectivity index (χ0v) is 17.0. The average Bonchev–Trinajstić information content (AvgIpc) is 3.07. The molecular weight excluding hydrogens is 376 g/mol. The Hall–Kier alpha value is -2.49. The summed E-state index contributed by atoms with van der Waals surface area (Å²) in [5, 5.41) is 25.4. The van der Waals surface area contributed by atoms with Crippen LogP contribution >= 0.6 is 0 Å². The van der Waals surface area contributed by atoms with E-state index in [4.69, 9.17) is 0 Å². The van der Waals surface area contributed by atoms with Crippen molar-refractivity contribution in [3.05, 3.63) is 35.9 Å². The minimum atomic E-state index is -0.909. The van der Waals surface area contributed by atoms with E-state index >= 15 is 0 Å². The predicted molar refractivity (Wildman–Crippen MR) is 106 cm³/mol. The second-order valence-corrected chi connectivity index (χ2v) is 7.44. The van der Waals surface area contributed by atoms with E-state index in [0.29, 0.717) is 6.54 Å². The highest BCUT2D eigenvalue weighted by Crippen LogP contribution is 2.19. The van der Waals surface area contributed by atoms with Crippen molar-refractivity contribution in [1.29, 1.82) is 0 Å². The Kier molecular flexibility index (Phi) is 8.12. The topological polar surface area (TPSA) is 122 Å². The van der Waals surface area contributed by atoms with Crippen LogP contribution in [-0.4, -0.2) is 82.3 Å². The summed E-state index contributed by atoms with van der Waals surface area (Å²) in [6.45, 7) is 3.36. The third kappa shape index (κ3) is 6.52. The summed E-state index contributed by atoms with van der Waals surface area (Å²) >= 11 is 0. The number of carbonyl (C=O) groups is 3. The molecule has 1 aliphatic heterocycles.